The average Bonchev–Trinajstić information content (AvgIpc) is 3.39. The van der Waals surface area contributed by atoms with Gasteiger partial charge in [-0.15, -0.1) is 0 Å². The Kier molecular flexibility index (Phi) is 52.9. The number of hydrogen-bond donors (Lipinski definition) is 2. The molecule has 3 atom stereocenters. The van der Waals surface area contributed by atoms with Gasteiger partial charge in [0.15, 0.2) is 6.10 Å². The molecular formula is C62H105O11P. The number of phosphoric acid groups is 1. The lowest BCUT2D eigenvalue weighted by Crippen LogP contribution is -2.30. The van der Waals surface area contributed by atoms with Gasteiger partial charge >= 0.3 is 25.7 Å². The first-order chi connectivity index (χ1) is 36.2. The van der Waals surface area contributed by atoms with E-state index in [1.54, 1.807) is 0 Å². The lowest BCUT2D eigenvalue weighted by Gasteiger charge is -2.21. The van der Waals surface area contributed by atoms with Gasteiger partial charge < -0.3 is 24.2 Å². The molecule has 424 valence electrons. The smallest absolute Gasteiger partial charge is 0.462 e. The first kappa shape index (κ1) is 70.4. The summed E-state index contributed by atoms with van der Waals surface area (Å²) < 4.78 is 39.4. The molecule has 0 aromatic carbocycles. The SMILES string of the molecule is CC/C=C\C/C=C\C/C=C\C/C=C\C/C=C\C/C=C\CCC(=O)OC(COC(=O)CCCCCCC/C=C\CCCCCCCC)COP(=O)(O)OCC(CO)OC(=O)CCCCCCC/C=C\CCCCCC. The first-order valence-electron chi connectivity index (χ1n) is 29.1. The van der Waals surface area contributed by atoms with Crippen LogP contribution in [0.4, 0.5) is 0 Å². The molecule has 2 N–H and O–H groups in total. The molecule has 0 heterocycles. The minimum Gasteiger partial charge on any atom is -0.462 e. The van der Waals surface area contributed by atoms with Crippen molar-refractivity contribution in [1.29, 1.82) is 0 Å². The summed E-state index contributed by atoms with van der Waals surface area (Å²) in [6.45, 7) is 4.41. The topological polar surface area (TPSA) is 155 Å². The molecule has 0 bridgehead atoms. The van der Waals surface area contributed by atoms with Gasteiger partial charge in [-0.05, 0) is 109 Å². The molecule has 0 aromatic heterocycles. The number of esters is 3. The van der Waals surface area contributed by atoms with Crippen molar-refractivity contribution in [3.05, 3.63) is 97.2 Å². The number of hydrogen-bond acceptors (Lipinski definition) is 10. The first-order valence-corrected chi connectivity index (χ1v) is 30.6. The van der Waals surface area contributed by atoms with E-state index < -0.39 is 57.8 Å². The van der Waals surface area contributed by atoms with E-state index in [9.17, 15) is 28.9 Å². The second kappa shape index (κ2) is 55.6. The summed E-state index contributed by atoms with van der Waals surface area (Å²) in [6, 6.07) is 0. The van der Waals surface area contributed by atoms with Crippen molar-refractivity contribution < 1.29 is 52.2 Å². The number of rotatable bonds is 53. The third-order valence-corrected chi connectivity index (χ3v) is 12.9. The average molecular weight is 1060 g/mol. The Bertz CT molecular complexity index is 1610. The third-order valence-electron chi connectivity index (χ3n) is 12.0. The second-order valence-electron chi connectivity index (χ2n) is 19.1. The lowest BCUT2D eigenvalue weighted by molar-refractivity contribution is -0.161. The minimum atomic E-state index is -4.77. The highest BCUT2D eigenvalue weighted by Gasteiger charge is 2.28. The Morgan fingerprint density at radius 3 is 1.18 bits per heavy atom. The van der Waals surface area contributed by atoms with Gasteiger partial charge in [-0.2, -0.15) is 0 Å². The molecule has 0 radical (unpaired) electrons. The van der Waals surface area contributed by atoms with Crippen molar-refractivity contribution in [2.45, 2.75) is 251 Å². The van der Waals surface area contributed by atoms with Crippen molar-refractivity contribution in [3.8, 4) is 0 Å². The molecule has 0 amide bonds. The van der Waals surface area contributed by atoms with E-state index in [1.807, 2.05) is 12.2 Å². The van der Waals surface area contributed by atoms with Crippen LogP contribution in [0.3, 0.4) is 0 Å². The quantitative estimate of drug-likeness (QED) is 0.0197. The summed E-state index contributed by atoms with van der Waals surface area (Å²) in [5.74, 6) is -1.59. The molecule has 0 saturated heterocycles. The second-order valence-corrected chi connectivity index (χ2v) is 20.5. The number of aliphatic hydroxyl groups is 1. The number of aliphatic hydroxyl groups excluding tert-OH is 1. The van der Waals surface area contributed by atoms with Crippen molar-refractivity contribution in [3.63, 3.8) is 0 Å². The maximum atomic E-state index is 12.9. The fraction of sp³-hybridized carbons (Fsp3) is 0.694. The maximum Gasteiger partial charge on any atom is 0.472 e. The fourth-order valence-corrected chi connectivity index (χ4v) is 8.33. The molecule has 74 heavy (non-hydrogen) atoms. The van der Waals surface area contributed by atoms with Gasteiger partial charge in [-0.1, -0.05) is 208 Å². The molecule has 3 unspecified atom stereocenters. The summed E-state index contributed by atoms with van der Waals surface area (Å²) in [7, 11) is -4.77. The van der Waals surface area contributed by atoms with Crippen LogP contribution in [0.5, 0.6) is 0 Å². The molecule has 0 rings (SSSR count). The van der Waals surface area contributed by atoms with Gasteiger partial charge in [0.25, 0.3) is 0 Å². The van der Waals surface area contributed by atoms with Crippen molar-refractivity contribution in [2.24, 2.45) is 0 Å². The fourth-order valence-electron chi connectivity index (χ4n) is 7.55. The van der Waals surface area contributed by atoms with E-state index in [0.29, 0.717) is 25.7 Å². The highest BCUT2D eigenvalue weighted by molar-refractivity contribution is 7.47. The van der Waals surface area contributed by atoms with Crippen molar-refractivity contribution in [2.75, 3.05) is 26.4 Å². The summed E-state index contributed by atoms with van der Waals surface area (Å²) in [5, 5.41) is 9.80. The van der Waals surface area contributed by atoms with E-state index in [-0.39, 0.29) is 25.9 Å². The van der Waals surface area contributed by atoms with Crippen LogP contribution in [0.2, 0.25) is 0 Å². The summed E-state index contributed by atoms with van der Waals surface area (Å²) >= 11 is 0. The predicted octanol–water partition coefficient (Wildman–Crippen LogP) is 17.3. The van der Waals surface area contributed by atoms with Gasteiger partial charge in [0.2, 0.25) is 0 Å². The van der Waals surface area contributed by atoms with E-state index in [0.717, 1.165) is 109 Å². The number of ether oxygens (including phenoxy) is 3. The molecule has 0 aliphatic rings. The summed E-state index contributed by atoms with van der Waals surface area (Å²) in [6.07, 6.45) is 65.2. The number of carbonyl (C=O) groups excluding carboxylic acids is 3. The molecule has 0 saturated carbocycles. The zero-order valence-electron chi connectivity index (χ0n) is 46.8. The number of unbranched alkanes of at least 4 members (excludes halogenated alkanes) is 20. The zero-order valence-corrected chi connectivity index (χ0v) is 47.7. The standard InChI is InChI=1S/C62H105O11P/c1-4-7-10-13-16-19-22-25-27-28-29-30-32-35-38-41-44-47-50-53-62(66)73-59(55-69-60(64)51-48-45-42-39-36-34-31-26-23-20-17-14-11-8-5-2)57-71-74(67,68)70-56-58(54-63)72-61(65)52-49-46-43-40-37-33-24-21-18-15-12-9-6-3/h7,10,16,19,21,24-27,29-31,35,38,44,47,58-59,63H,4-6,8-9,11-15,17-18,20,22-23,28,32-34,36-37,39-43,45-46,48-57H2,1-3H3,(H,67,68)/b10-7-,19-16-,24-21-,27-25-,30-29-,31-26-,38-35-,47-44-. The molecule has 0 fully saturated rings. The summed E-state index contributed by atoms with van der Waals surface area (Å²) in [5.41, 5.74) is 0. The Morgan fingerprint density at radius 1 is 0.392 bits per heavy atom. The van der Waals surface area contributed by atoms with Gasteiger partial charge in [-0.3, -0.25) is 23.4 Å². The number of phosphoric ester groups is 1. The zero-order chi connectivity index (χ0) is 54.1. The maximum absolute atomic E-state index is 12.9. The highest BCUT2D eigenvalue weighted by Crippen LogP contribution is 2.43. The van der Waals surface area contributed by atoms with E-state index in [2.05, 4.69) is 106 Å². The molecule has 11 nitrogen and oxygen atoms in total. The summed E-state index contributed by atoms with van der Waals surface area (Å²) in [4.78, 5) is 48.5. The van der Waals surface area contributed by atoms with Crippen LogP contribution < -0.4 is 0 Å². The van der Waals surface area contributed by atoms with Crippen LogP contribution in [0.15, 0.2) is 97.2 Å². The normalized spacial score (nSPS) is 14.1. The van der Waals surface area contributed by atoms with Crippen molar-refractivity contribution in [1.82, 2.24) is 0 Å². The van der Waals surface area contributed by atoms with E-state index in [4.69, 9.17) is 23.3 Å². The van der Waals surface area contributed by atoms with Crippen LogP contribution in [0.25, 0.3) is 0 Å². The number of allylic oxidation sites excluding steroid dienone is 16. The van der Waals surface area contributed by atoms with Gasteiger partial charge in [-0.25, -0.2) is 4.57 Å². The molecular weight excluding hydrogens is 952 g/mol. The van der Waals surface area contributed by atoms with E-state index >= 15 is 0 Å². The third kappa shape index (κ3) is 53.2. The predicted molar refractivity (Wildman–Crippen MR) is 307 cm³/mol. The molecule has 0 aromatic rings. The molecule has 0 aliphatic carbocycles. The van der Waals surface area contributed by atoms with Crippen LogP contribution in [-0.2, 0) is 42.2 Å². The Morgan fingerprint density at radius 2 is 0.730 bits per heavy atom. The van der Waals surface area contributed by atoms with Gasteiger partial charge in [0.1, 0.15) is 12.7 Å². The van der Waals surface area contributed by atoms with Crippen molar-refractivity contribution >= 4 is 25.7 Å². The van der Waals surface area contributed by atoms with Crippen LogP contribution in [0, 0.1) is 0 Å². The minimum absolute atomic E-state index is 0.0370. The molecule has 0 aliphatic heterocycles. The molecule has 12 heteroatoms. The van der Waals surface area contributed by atoms with Crippen LogP contribution in [0.1, 0.15) is 239 Å². The van der Waals surface area contributed by atoms with Crippen LogP contribution in [-0.4, -0.2) is 66.5 Å². The lowest BCUT2D eigenvalue weighted by atomic mass is 10.1. The molecule has 0 spiro atoms. The van der Waals surface area contributed by atoms with Gasteiger partial charge in [0, 0.05) is 19.3 Å². The largest absolute Gasteiger partial charge is 0.472 e. The Labute approximate surface area is 451 Å². The van der Waals surface area contributed by atoms with Gasteiger partial charge in [0.05, 0.1) is 19.8 Å². The highest BCUT2D eigenvalue weighted by atomic mass is 31.2. The monoisotopic (exact) mass is 1060 g/mol. The van der Waals surface area contributed by atoms with Crippen LogP contribution >= 0.6 is 7.82 Å². The number of carbonyl (C=O) groups is 3. The van der Waals surface area contributed by atoms with E-state index in [1.165, 1.54) is 64.2 Å². The Balaban J connectivity index is 4.87. The Hall–Kier alpha value is -3.60.